The van der Waals surface area contributed by atoms with Crippen LogP contribution in [0.25, 0.3) is 11.0 Å². The van der Waals surface area contributed by atoms with Gasteiger partial charge >= 0.3 is 6.03 Å². The molecule has 31 heavy (non-hydrogen) atoms. The first-order valence-corrected chi connectivity index (χ1v) is 10.9. The Labute approximate surface area is 182 Å². The minimum absolute atomic E-state index is 0.0377. The van der Waals surface area contributed by atoms with E-state index in [1.165, 1.54) is 0 Å². The van der Waals surface area contributed by atoms with Gasteiger partial charge in [0.05, 0.1) is 11.0 Å². The van der Waals surface area contributed by atoms with Crippen LogP contribution < -0.4 is 21.1 Å². The Balaban J connectivity index is 1.43. The van der Waals surface area contributed by atoms with E-state index in [1.807, 2.05) is 60.0 Å². The second-order valence-electron chi connectivity index (χ2n) is 8.06. The topological polar surface area (TPSA) is 79.3 Å². The molecule has 3 aromatic rings. The molecule has 162 valence electrons. The fraction of sp³-hybridized carbons (Fsp3) is 0.375. The Morgan fingerprint density at radius 1 is 1.10 bits per heavy atom. The molecule has 2 heterocycles. The Hall–Kier alpha value is -3.35. The van der Waals surface area contributed by atoms with Crippen LogP contribution in [0, 0.1) is 6.92 Å². The van der Waals surface area contributed by atoms with E-state index in [0.29, 0.717) is 25.5 Å². The van der Waals surface area contributed by atoms with Gasteiger partial charge in [-0.05, 0) is 49.9 Å². The second kappa shape index (κ2) is 9.20. The molecule has 7 nitrogen and oxygen atoms in total. The molecule has 1 aliphatic heterocycles. The van der Waals surface area contributed by atoms with E-state index in [-0.39, 0.29) is 17.6 Å². The average Bonchev–Trinajstić information content (AvgIpc) is 2.78. The molecule has 1 saturated heterocycles. The first-order valence-electron chi connectivity index (χ1n) is 10.9. The molecule has 0 aliphatic carbocycles. The van der Waals surface area contributed by atoms with E-state index in [1.54, 1.807) is 0 Å². The Morgan fingerprint density at radius 2 is 1.81 bits per heavy atom. The standard InChI is InChI=1S/C24H29N5O2/c1-3-14-29-21-11-7-6-10-20(21)26-22(23(29)30)28-15-12-18(13-16-28)25-24(31)27-19-9-5-4-8-17(19)2/h4-11,18H,3,12-16H2,1-2H3,(H2,25,27,31). The smallest absolute Gasteiger partial charge is 0.319 e. The number of urea groups is 1. The van der Waals surface area contributed by atoms with Crippen molar-refractivity contribution in [3.05, 3.63) is 64.4 Å². The van der Waals surface area contributed by atoms with Crippen LogP contribution in [0.5, 0.6) is 0 Å². The number of aryl methyl sites for hydroxylation is 2. The fourth-order valence-electron chi connectivity index (χ4n) is 4.12. The molecule has 4 rings (SSSR count). The van der Waals surface area contributed by atoms with Gasteiger partial charge in [0.2, 0.25) is 0 Å². The van der Waals surface area contributed by atoms with Crippen LogP contribution >= 0.6 is 0 Å². The quantitative estimate of drug-likeness (QED) is 0.657. The minimum Gasteiger partial charge on any atom is -0.352 e. The lowest BCUT2D eigenvalue weighted by Gasteiger charge is -2.33. The molecule has 7 heteroatoms. The number of nitrogens with one attached hydrogen (secondary N) is 2. The first kappa shape index (κ1) is 20.9. The third kappa shape index (κ3) is 4.55. The number of nitrogens with zero attached hydrogens (tertiary/aromatic N) is 3. The number of anilines is 2. The highest BCUT2D eigenvalue weighted by molar-refractivity contribution is 5.90. The number of piperidine rings is 1. The summed E-state index contributed by atoms with van der Waals surface area (Å²) in [7, 11) is 0. The first-order chi connectivity index (χ1) is 15.1. The third-order valence-electron chi connectivity index (χ3n) is 5.81. The molecule has 2 N–H and O–H groups in total. The number of rotatable bonds is 5. The summed E-state index contributed by atoms with van der Waals surface area (Å²) in [6.45, 7) is 6.08. The number of aromatic nitrogens is 2. The molecule has 0 bridgehead atoms. The highest BCUT2D eigenvalue weighted by Crippen LogP contribution is 2.19. The number of hydrogen-bond donors (Lipinski definition) is 2. The number of carbonyl (C=O) groups is 1. The predicted molar refractivity (Wildman–Crippen MR) is 125 cm³/mol. The van der Waals surface area contributed by atoms with E-state index in [4.69, 9.17) is 0 Å². The number of carbonyl (C=O) groups excluding carboxylic acids is 1. The van der Waals surface area contributed by atoms with Gasteiger partial charge in [-0.25, -0.2) is 9.78 Å². The van der Waals surface area contributed by atoms with E-state index >= 15 is 0 Å². The van der Waals surface area contributed by atoms with Crippen molar-refractivity contribution in [2.75, 3.05) is 23.3 Å². The van der Waals surface area contributed by atoms with Crippen molar-refractivity contribution in [3.63, 3.8) is 0 Å². The number of fused-ring (bicyclic) bond motifs is 1. The van der Waals surface area contributed by atoms with Gasteiger partial charge in [0.1, 0.15) is 0 Å². The van der Waals surface area contributed by atoms with Gasteiger partial charge in [-0.3, -0.25) is 4.79 Å². The third-order valence-corrected chi connectivity index (χ3v) is 5.81. The zero-order valence-electron chi connectivity index (χ0n) is 18.1. The van der Waals surface area contributed by atoms with Crippen molar-refractivity contribution in [3.8, 4) is 0 Å². The number of hydrogen-bond acceptors (Lipinski definition) is 4. The van der Waals surface area contributed by atoms with Crippen molar-refractivity contribution in [2.45, 2.75) is 45.7 Å². The second-order valence-corrected chi connectivity index (χ2v) is 8.06. The highest BCUT2D eigenvalue weighted by atomic mass is 16.2. The lowest BCUT2D eigenvalue weighted by molar-refractivity contribution is 0.246. The summed E-state index contributed by atoms with van der Waals surface area (Å²) in [6.07, 6.45) is 2.42. The van der Waals surface area contributed by atoms with Gasteiger partial charge in [0, 0.05) is 31.4 Å². The van der Waals surface area contributed by atoms with Crippen LogP contribution in [0.2, 0.25) is 0 Å². The number of amides is 2. The van der Waals surface area contributed by atoms with Crippen LogP contribution in [0.1, 0.15) is 31.7 Å². The summed E-state index contributed by atoms with van der Waals surface area (Å²) in [4.78, 5) is 32.3. The maximum atomic E-state index is 13.1. The lowest BCUT2D eigenvalue weighted by atomic mass is 10.1. The zero-order chi connectivity index (χ0) is 21.8. The molecule has 0 spiro atoms. The van der Waals surface area contributed by atoms with Crippen LogP contribution in [-0.4, -0.2) is 34.7 Å². The average molecular weight is 420 g/mol. The van der Waals surface area contributed by atoms with Crippen LogP contribution in [0.3, 0.4) is 0 Å². The summed E-state index contributed by atoms with van der Waals surface area (Å²) in [6, 6.07) is 15.4. The molecular weight excluding hydrogens is 390 g/mol. The molecule has 2 amide bonds. The van der Waals surface area contributed by atoms with Gasteiger partial charge in [0.15, 0.2) is 5.82 Å². The maximum Gasteiger partial charge on any atom is 0.319 e. The summed E-state index contributed by atoms with van der Waals surface area (Å²) in [5.41, 5.74) is 3.52. The SMILES string of the molecule is CCCn1c(=O)c(N2CCC(NC(=O)Nc3ccccc3C)CC2)nc2ccccc21. The van der Waals surface area contributed by atoms with E-state index < -0.39 is 0 Å². The Bertz CT molecular complexity index is 1130. The van der Waals surface area contributed by atoms with E-state index in [9.17, 15) is 9.59 Å². The van der Waals surface area contributed by atoms with Gasteiger partial charge in [-0.1, -0.05) is 37.3 Å². The molecule has 1 aliphatic rings. The predicted octanol–water partition coefficient (Wildman–Crippen LogP) is 3.91. The molecule has 0 saturated carbocycles. The Kier molecular flexibility index (Phi) is 6.21. The van der Waals surface area contributed by atoms with E-state index in [2.05, 4.69) is 27.4 Å². The van der Waals surface area contributed by atoms with Gasteiger partial charge in [0.25, 0.3) is 5.56 Å². The molecular formula is C24H29N5O2. The molecule has 0 atom stereocenters. The highest BCUT2D eigenvalue weighted by Gasteiger charge is 2.24. The van der Waals surface area contributed by atoms with Crippen LogP contribution in [0.15, 0.2) is 53.3 Å². The van der Waals surface area contributed by atoms with Crippen LogP contribution in [0.4, 0.5) is 16.3 Å². The number of para-hydroxylation sites is 3. The molecule has 0 unspecified atom stereocenters. The van der Waals surface area contributed by atoms with Crippen molar-refractivity contribution < 1.29 is 4.79 Å². The van der Waals surface area contributed by atoms with Crippen molar-refractivity contribution in [1.29, 1.82) is 0 Å². The van der Waals surface area contributed by atoms with E-state index in [0.717, 1.165) is 41.5 Å². The monoisotopic (exact) mass is 419 g/mol. The molecule has 2 aromatic carbocycles. The van der Waals surface area contributed by atoms with Crippen molar-refractivity contribution >= 4 is 28.6 Å². The summed E-state index contributed by atoms with van der Waals surface area (Å²) >= 11 is 0. The van der Waals surface area contributed by atoms with Crippen LogP contribution in [-0.2, 0) is 6.54 Å². The normalized spacial score (nSPS) is 14.6. The molecule has 1 fully saturated rings. The van der Waals surface area contributed by atoms with Gasteiger partial charge in [-0.2, -0.15) is 0 Å². The summed E-state index contributed by atoms with van der Waals surface area (Å²) in [5, 5.41) is 5.98. The van der Waals surface area contributed by atoms with Gasteiger partial charge < -0.3 is 20.1 Å². The molecule has 1 aromatic heterocycles. The summed E-state index contributed by atoms with van der Waals surface area (Å²) < 4.78 is 1.83. The maximum absolute atomic E-state index is 13.1. The molecule has 0 radical (unpaired) electrons. The van der Waals surface area contributed by atoms with Gasteiger partial charge in [-0.15, -0.1) is 0 Å². The zero-order valence-corrected chi connectivity index (χ0v) is 18.1. The number of benzene rings is 2. The Morgan fingerprint density at radius 3 is 2.55 bits per heavy atom. The van der Waals surface area contributed by atoms with Crippen molar-refractivity contribution in [1.82, 2.24) is 14.9 Å². The summed E-state index contributed by atoms with van der Waals surface area (Å²) in [5.74, 6) is 0.509. The fourth-order valence-corrected chi connectivity index (χ4v) is 4.12. The van der Waals surface area contributed by atoms with Crippen molar-refractivity contribution in [2.24, 2.45) is 0 Å². The minimum atomic E-state index is -0.193. The lowest BCUT2D eigenvalue weighted by Crippen LogP contribution is -2.47. The largest absolute Gasteiger partial charge is 0.352 e.